The van der Waals surface area contributed by atoms with Crippen LogP contribution in [0.5, 0.6) is 5.75 Å². The van der Waals surface area contributed by atoms with Gasteiger partial charge < -0.3 is 9.72 Å². The summed E-state index contributed by atoms with van der Waals surface area (Å²) >= 11 is 1.55. The minimum atomic E-state index is -0.109. The molecular weight excluding hydrogens is 344 g/mol. The minimum Gasteiger partial charge on any atom is -0.488 e. The van der Waals surface area contributed by atoms with Crippen molar-refractivity contribution in [2.24, 2.45) is 10.9 Å². The second-order valence-corrected chi connectivity index (χ2v) is 7.87. The van der Waals surface area contributed by atoms with Gasteiger partial charge in [0.2, 0.25) is 0 Å². The highest BCUT2D eigenvalue weighted by Gasteiger charge is 2.41. The standard InChI is InChI=1S/C21H18N2O2S/c1-12-4-5-16-15(9-12)20(19(21(24)23-16)18-3-2-8-26-18)25-11-13-6-7-22-17-10-14(13)17/h2-9,14,17H,10-11H2,1H3,(H,23,24). The van der Waals surface area contributed by atoms with Gasteiger partial charge in [-0.25, -0.2) is 0 Å². The van der Waals surface area contributed by atoms with Crippen LogP contribution >= 0.6 is 11.3 Å². The van der Waals surface area contributed by atoms with Gasteiger partial charge in [0, 0.05) is 22.4 Å². The summed E-state index contributed by atoms with van der Waals surface area (Å²) in [4.78, 5) is 21.2. The van der Waals surface area contributed by atoms with E-state index in [2.05, 4.69) is 22.1 Å². The van der Waals surface area contributed by atoms with Crippen LogP contribution in [0.3, 0.4) is 0 Å². The largest absolute Gasteiger partial charge is 0.488 e. The van der Waals surface area contributed by atoms with Gasteiger partial charge in [0.15, 0.2) is 0 Å². The molecule has 3 aromatic rings. The van der Waals surface area contributed by atoms with Gasteiger partial charge in [0.1, 0.15) is 12.4 Å². The molecule has 3 heterocycles. The monoisotopic (exact) mass is 362 g/mol. The van der Waals surface area contributed by atoms with E-state index in [0.29, 0.717) is 29.9 Å². The third kappa shape index (κ3) is 2.59. The second kappa shape index (κ2) is 5.95. The second-order valence-electron chi connectivity index (χ2n) is 6.92. The molecule has 1 fully saturated rings. The molecule has 5 rings (SSSR count). The number of rotatable bonds is 4. The van der Waals surface area contributed by atoms with Crippen LogP contribution in [0.4, 0.5) is 0 Å². The zero-order valence-corrected chi connectivity index (χ0v) is 15.2. The summed E-state index contributed by atoms with van der Waals surface area (Å²) in [7, 11) is 0. The Hall–Kier alpha value is -2.66. The Morgan fingerprint density at radius 2 is 2.27 bits per heavy atom. The number of aromatic amines is 1. The van der Waals surface area contributed by atoms with Crippen molar-refractivity contribution in [3.8, 4) is 16.2 Å². The van der Waals surface area contributed by atoms with E-state index in [0.717, 1.165) is 27.8 Å². The van der Waals surface area contributed by atoms with Crippen LogP contribution in [0.25, 0.3) is 21.3 Å². The van der Waals surface area contributed by atoms with Crippen molar-refractivity contribution in [2.45, 2.75) is 19.4 Å². The Bertz CT molecular complexity index is 1110. The number of aryl methyl sites for hydroxylation is 1. The zero-order valence-electron chi connectivity index (χ0n) is 14.4. The number of fused-ring (bicyclic) bond motifs is 2. The molecule has 0 amide bonds. The highest BCUT2D eigenvalue weighted by molar-refractivity contribution is 7.13. The van der Waals surface area contributed by atoms with Crippen molar-refractivity contribution in [3.63, 3.8) is 0 Å². The van der Waals surface area contributed by atoms with E-state index < -0.39 is 0 Å². The number of nitrogens with zero attached hydrogens (tertiary/aromatic N) is 1. The number of allylic oxidation sites excluding steroid dienone is 1. The average Bonchev–Trinajstić information content (AvgIpc) is 3.25. The Morgan fingerprint density at radius 3 is 3.12 bits per heavy atom. The lowest BCUT2D eigenvalue weighted by Gasteiger charge is -2.16. The average molecular weight is 362 g/mol. The smallest absolute Gasteiger partial charge is 0.260 e. The lowest BCUT2D eigenvalue weighted by atomic mass is 10.1. The molecule has 1 aliphatic heterocycles. The minimum absolute atomic E-state index is 0.109. The summed E-state index contributed by atoms with van der Waals surface area (Å²) in [6, 6.07) is 10.4. The summed E-state index contributed by atoms with van der Waals surface area (Å²) in [6.45, 7) is 2.55. The van der Waals surface area contributed by atoms with Gasteiger partial charge in [-0.05, 0) is 48.6 Å². The summed E-state index contributed by atoms with van der Waals surface area (Å²) in [5.74, 6) is 1.19. The van der Waals surface area contributed by atoms with Crippen molar-refractivity contribution < 1.29 is 4.74 Å². The van der Waals surface area contributed by atoms with E-state index in [1.54, 1.807) is 11.3 Å². The molecule has 2 atom stereocenters. The number of hydrogen-bond donors (Lipinski definition) is 1. The Morgan fingerprint density at radius 1 is 1.35 bits per heavy atom. The van der Waals surface area contributed by atoms with Gasteiger partial charge in [-0.2, -0.15) is 0 Å². The molecule has 5 heteroatoms. The molecule has 1 aromatic carbocycles. The highest BCUT2D eigenvalue weighted by Crippen LogP contribution is 2.43. The maximum absolute atomic E-state index is 12.8. The molecule has 1 saturated carbocycles. The van der Waals surface area contributed by atoms with Crippen molar-refractivity contribution >= 4 is 28.5 Å². The van der Waals surface area contributed by atoms with Gasteiger partial charge >= 0.3 is 0 Å². The molecule has 26 heavy (non-hydrogen) atoms. The Balaban J connectivity index is 1.64. The summed E-state index contributed by atoms with van der Waals surface area (Å²) in [5.41, 5.74) is 3.72. The molecule has 0 radical (unpaired) electrons. The maximum Gasteiger partial charge on any atom is 0.260 e. The molecule has 0 saturated heterocycles. The SMILES string of the molecule is Cc1ccc2[nH]c(=O)c(-c3cccs3)c(OCC3=CC=NC4CC34)c2c1. The van der Waals surface area contributed by atoms with Crippen LogP contribution in [0.15, 0.2) is 57.1 Å². The first-order valence-electron chi connectivity index (χ1n) is 8.76. The van der Waals surface area contributed by atoms with Crippen LogP contribution in [0.2, 0.25) is 0 Å². The van der Waals surface area contributed by atoms with Gasteiger partial charge in [0.05, 0.1) is 17.1 Å². The summed E-state index contributed by atoms with van der Waals surface area (Å²) < 4.78 is 6.30. The molecule has 0 bridgehead atoms. The van der Waals surface area contributed by atoms with Crippen LogP contribution in [0, 0.1) is 12.8 Å². The van der Waals surface area contributed by atoms with Crippen LogP contribution in [-0.4, -0.2) is 23.8 Å². The number of thiophene rings is 1. The van der Waals surface area contributed by atoms with Gasteiger partial charge in [-0.3, -0.25) is 9.79 Å². The van der Waals surface area contributed by atoms with E-state index >= 15 is 0 Å². The molecule has 1 aliphatic carbocycles. The topological polar surface area (TPSA) is 54.5 Å². The summed E-state index contributed by atoms with van der Waals surface area (Å²) in [6.07, 6.45) is 5.05. The van der Waals surface area contributed by atoms with E-state index in [1.807, 2.05) is 42.8 Å². The first-order valence-corrected chi connectivity index (χ1v) is 9.64. The van der Waals surface area contributed by atoms with Crippen LogP contribution < -0.4 is 10.3 Å². The maximum atomic E-state index is 12.8. The third-order valence-electron chi connectivity index (χ3n) is 5.07. The predicted molar refractivity (Wildman–Crippen MR) is 107 cm³/mol. The number of benzene rings is 1. The lowest BCUT2D eigenvalue weighted by molar-refractivity contribution is 0.350. The van der Waals surface area contributed by atoms with Gasteiger partial charge in [-0.15, -0.1) is 11.3 Å². The van der Waals surface area contributed by atoms with E-state index in [1.165, 1.54) is 5.57 Å². The number of aliphatic imine (C=N–C) groups is 1. The number of ether oxygens (including phenoxy) is 1. The van der Waals surface area contributed by atoms with Gasteiger partial charge in [-0.1, -0.05) is 17.7 Å². The number of dihydropyridines is 1. The number of aromatic nitrogens is 1. The molecule has 4 nitrogen and oxygen atoms in total. The van der Waals surface area contributed by atoms with Crippen molar-refractivity contribution in [1.82, 2.24) is 4.98 Å². The predicted octanol–water partition coefficient (Wildman–Crippen LogP) is 4.34. The van der Waals surface area contributed by atoms with Gasteiger partial charge in [0.25, 0.3) is 5.56 Å². The van der Waals surface area contributed by atoms with Crippen molar-refractivity contribution in [1.29, 1.82) is 0 Å². The molecule has 130 valence electrons. The normalized spacial score (nSPS) is 20.7. The number of hydrogen-bond acceptors (Lipinski definition) is 4. The fraction of sp³-hybridized carbons (Fsp3) is 0.238. The third-order valence-corrected chi connectivity index (χ3v) is 5.96. The molecule has 2 unspecified atom stereocenters. The highest BCUT2D eigenvalue weighted by atomic mass is 32.1. The quantitative estimate of drug-likeness (QED) is 0.750. The first kappa shape index (κ1) is 15.6. The lowest BCUT2D eigenvalue weighted by Crippen LogP contribution is -2.14. The number of H-pyrrole nitrogens is 1. The van der Waals surface area contributed by atoms with Crippen molar-refractivity contribution in [3.05, 3.63) is 63.3 Å². The molecular formula is C21H18N2O2S. The molecule has 2 aliphatic rings. The van der Waals surface area contributed by atoms with Crippen LogP contribution in [0.1, 0.15) is 12.0 Å². The van der Waals surface area contributed by atoms with E-state index in [9.17, 15) is 4.79 Å². The zero-order chi connectivity index (χ0) is 17.7. The Kier molecular flexibility index (Phi) is 3.57. The van der Waals surface area contributed by atoms with E-state index in [4.69, 9.17) is 4.74 Å². The molecule has 1 N–H and O–H groups in total. The first-order chi connectivity index (χ1) is 12.7. The molecule has 2 aromatic heterocycles. The fourth-order valence-corrected chi connectivity index (χ4v) is 4.36. The van der Waals surface area contributed by atoms with Crippen LogP contribution in [-0.2, 0) is 0 Å². The fourth-order valence-electron chi connectivity index (χ4n) is 3.60. The summed E-state index contributed by atoms with van der Waals surface area (Å²) in [5, 5.41) is 2.93. The Labute approximate surface area is 154 Å². The van der Waals surface area contributed by atoms with E-state index in [-0.39, 0.29) is 5.56 Å². The number of nitrogens with one attached hydrogen (secondary N) is 1. The van der Waals surface area contributed by atoms with Crippen molar-refractivity contribution in [2.75, 3.05) is 6.61 Å². The number of pyridine rings is 1. The molecule has 0 spiro atoms.